The van der Waals surface area contributed by atoms with Crippen LogP contribution in [0.5, 0.6) is 23.0 Å². The van der Waals surface area contributed by atoms with Gasteiger partial charge >= 0.3 is 12.2 Å². The molecule has 0 unspecified atom stereocenters. The van der Waals surface area contributed by atoms with Gasteiger partial charge in [0.25, 0.3) is 0 Å². The van der Waals surface area contributed by atoms with Crippen molar-refractivity contribution in [3.63, 3.8) is 0 Å². The number of nitrogens with zero attached hydrogens (tertiary/aromatic N) is 2. The zero-order chi connectivity index (χ0) is 38.6. The van der Waals surface area contributed by atoms with Gasteiger partial charge in [0.1, 0.15) is 23.0 Å². The standard InChI is InChI=1S/C43H64N4O6/c1-5-7-8-9-10-11-12-13-14-15-16-17-18-19-27-37-39(31-47(4)43(51)53-35-26-21-24-33(45)29-35)40(48)36(22-6-2)38(41(37)49)30-46(3)42(50)52-34-25-20-23-32(44)28-34/h20-21,23-26,28-29,48-49H,5-19,22,27,30-31,44-45H2,1-4H3. The predicted molar refractivity (Wildman–Crippen MR) is 214 cm³/mol. The quantitative estimate of drug-likeness (QED) is 0.0427. The van der Waals surface area contributed by atoms with Gasteiger partial charge in [0.15, 0.2) is 0 Å². The number of carbonyl (C=O) groups excluding carboxylic acids is 2. The summed E-state index contributed by atoms with van der Waals surface area (Å²) < 4.78 is 11.1. The van der Waals surface area contributed by atoms with E-state index in [1.807, 2.05) is 6.92 Å². The van der Waals surface area contributed by atoms with Gasteiger partial charge in [0.05, 0.1) is 13.1 Å². The maximum atomic E-state index is 13.2. The second kappa shape index (κ2) is 23.1. The van der Waals surface area contributed by atoms with Gasteiger partial charge in [-0.2, -0.15) is 0 Å². The van der Waals surface area contributed by atoms with E-state index in [0.717, 1.165) is 19.3 Å². The highest BCUT2D eigenvalue weighted by Gasteiger charge is 2.27. The van der Waals surface area contributed by atoms with Crippen LogP contribution in [0.25, 0.3) is 0 Å². The minimum atomic E-state index is -0.626. The number of amides is 2. The van der Waals surface area contributed by atoms with Crippen molar-refractivity contribution < 1.29 is 29.3 Å². The lowest BCUT2D eigenvalue weighted by Gasteiger charge is -2.26. The van der Waals surface area contributed by atoms with Gasteiger partial charge in [-0.3, -0.25) is 0 Å². The number of hydrogen-bond donors (Lipinski definition) is 4. The van der Waals surface area contributed by atoms with Crippen LogP contribution in [0, 0.1) is 0 Å². The first kappa shape index (κ1) is 42.8. The number of nitrogen functional groups attached to an aromatic ring is 2. The van der Waals surface area contributed by atoms with Gasteiger partial charge in [0.2, 0.25) is 0 Å². The third-order valence-electron chi connectivity index (χ3n) is 9.69. The number of hydrogen-bond acceptors (Lipinski definition) is 8. The number of phenols is 2. The van der Waals surface area contributed by atoms with Crippen molar-refractivity contribution in [2.24, 2.45) is 0 Å². The van der Waals surface area contributed by atoms with Crippen molar-refractivity contribution >= 4 is 23.6 Å². The number of benzene rings is 3. The Morgan fingerprint density at radius 1 is 0.547 bits per heavy atom. The van der Waals surface area contributed by atoms with Crippen molar-refractivity contribution in [3.05, 3.63) is 70.8 Å². The molecule has 0 aliphatic carbocycles. The number of anilines is 2. The summed E-state index contributed by atoms with van der Waals surface area (Å²) in [6.07, 6.45) is 17.6. The molecular formula is C43H64N4O6. The van der Waals surface area contributed by atoms with Crippen molar-refractivity contribution in [3.8, 4) is 23.0 Å². The lowest BCUT2D eigenvalue weighted by Crippen LogP contribution is -2.31. The highest BCUT2D eigenvalue weighted by atomic mass is 16.6. The van der Waals surface area contributed by atoms with Crippen molar-refractivity contribution in [1.82, 2.24) is 9.80 Å². The Morgan fingerprint density at radius 2 is 0.925 bits per heavy atom. The van der Waals surface area contributed by atoms with E-state index in [1.54, 1.807) is 62.6 Å². The molecule has 6 N–H and O–H groups in total. The van der Waals surface area contributed by atoms with E-state index in [0.29, 0.717) is 64.4 Å². The summed E-state index contributed by atoms with van der Waals surface area (Å²) in [5, 5.41) is 23.8. The maximum absolute atomic E-state index is 13.2. The normalized spacial score (nSPS) is 11.0. The molecule has 0 aliphatic rings. The second-order valence-corrected chi connectivity index (χ2v) is 14.3. The van der Waals surface area contributed by atoms with Crippen LogP contribution in [0.1, 0.15) is 132 Å². The number of nitrogens with two attached hydrogens (primary N) is 2. The maximum Gasteiger partial charge on any atom is 0.415 e. The lowest BCUT2D eigenvalue weighted by atomic mass is 9.89. The molecule has 2 amide bonds. The van der Waals surface area contributed by atoms with Crippen LogP contribution in [0.3, 0.4) is 0 Å². The molecule has 0 aromatic heterocycles. The third kappa shape index (κ3) is 14.4. The minimum absolute atomic E-state index is 0.00913. The Hall–Kier alpha value is -4.60. The first-order valence-corrected chi connectivity index (χ1v) is 19.7. The Kier molecular flexibility index (Phi) is 18.7. The fraction of sp³-hybridized carbons (Fsp3) is 0.535. The van der Waals surface area contributed by atoms with Gasteiger partial charge in [-0.15, -0.1) is 0 Å². The van der Waals surface area contributed by atoms with Crippen LogP contribution in [-0.2, 0) is 25.9 Å². The van der Waals surface area contributed by atoms with Crippen LogP contribution in [-0.4, -0.2) is 46.3 Å². The van der Waals surface area contributed by atoms with Gasteiger partial charge < -0.3 is 41.0 Å². The zero-order valence-corrected chi connectivity index (χ0v) is 32.6. The first-order valence-electron chi connectivity index (χ1n) is 19.7. The van der Waals surface area contributed by atoms with E-state index in [4.69, 9.17) is 20.9 Å². The molecule has 53 heavy (non-hydrogen) atoms. The number of aromatic hydroxyl groups is 2. The van der Waals surface area contributed by atoms with E-state index in [-0.39, 0.29) is 24.6 Å². The molecular weight excluding hydrogens is 668 g/mol. The van der Waals surface area contributed by atoms with E-state index in [2.05, 4.69) is 6.92 Å². The van der Waals surface area contributed by atoms with Crippen LogP contribution in [0.4, 0.5) is 21.0 Å². The van der Waals surface area contributed by atoms with E-state index in [9.17, 15) is 19.8 Å². The molecule has 3 aromatic rings. The number of ether oxygens (including phenoxy) is 2. The number of phenolic OH excluding ortho intramolecular Hbond substituents is 2. The molecule has 0 saturated carbocycles. The fourth-order valence-electron chi connectivity index (χ4n) is 6.68. The Bertz CT molecular complexity index is 1580. The van der Waals surface area contributed by atoms with Crippen LogP contribution in [0.2, 0.25) is 0 Å². The minimum Gasteiger partial charge on any atom is -0.507 e. The fourth-order valence-corrected chi connectivity index (χ4v) is 6.68. The van der Waals surface area contributed by atoms with Crippen molar-refractivity contribution in [1.29, 1.82) is 0 Å². The van der Waals surface area contributed by atoms with E-state index < -0.39 is 12.2 Å². The molecule has 0 fully saturated rings. The van der Waals surface area contributed by atoms with E-state index >= 15 is 0 Å². The van der Waals surface area contributed by atoms with Gasteiger partial charge in [0, 0.05) is 59.9 Å². The Balaban J connectivity index is 1.74. The molecule has 0 atom stereocenters. The summed E-state index contributed by atoms with van der Waals surface area (Å²) in [4.78, 5) is 29.0. The Labute approximate surface area is 317 Å². The van der Waals surface area contributed by atoms with E-state index in [1.165, 1.54) is 80.4 Å². The molecule has 0 aliphatic heterocycles. The summed E-state index contributed by atoms with van der Waals surface area (Å²) in [5.74, 6) is 0.662. The lowest BCUT2D eigenvalue weighted by molar-refractivity contribution is 0.158. The summed E-state index contributed by atoms with van der Waals surface area (Å²) in [6.45, 7) is 4.26. The average molecular weight is 733 g/mol. The molecule has 292 valence electrons. The zero-order valence-electron chi connectivity index (χ0n) is 32.6. The molecule has 0 radical (unpaired) electrons. The SMILES string of the molecule is CCCCCCCCCCCCCCCCc1c(O)c(CN(C)C(=O)Oc2cccc(N)c2)c(CCC)c(O)c1CN(C)C(=O)Oc1cccc(N)c1. The molecule has 3 rings (SSSR count). The number of unbranched alkanes of at least 4 members (excludes halogenated alkanes) is 13. The van der Waals surface area contributed by atoms with Crippen LogP contribution in [0.15, 0.2) is 48.5 Å². The highest BCUT2D eigenvalue weighted by Crippen LogP contribution is 2.41. The number of carbonyl (C=O) groups is 2. The molecule has 3 aromatic carbocycles. The third-order valence-corrected chi connectivity index (χ3v) is 9.69. The molecule has 10 heteroatoms. The monoisotopic (exact) mass is 732 g/mol. The summed E-state index contributed by atoms with van der Waals surface area (Å²) in [7, 11) is 3.18. The van der Waals surface area contributed by atoms with Crippen molar-refractivity contribution in [2.45, 2.75) is 136 Å². The average Bonchev–Trinajstić information content (AvgIpc) is 3.12. The predicted octanol–water partition coefficient (Wildman–Crippen LogP) is 10.5. The molecule has 0 spiro atoms. The van der Waals surface area contributed by atoms with Gasteiger partial charge in [-0.25, -0.2) is 9.59 Å². The summed E-state index contributed by atoms with van der Waals surface area (Å²) >= 11 is 0. The molecule has 10 nitrogen and oxygen atoms in total. The smallest absolute Gasteiger partial charge is 0.415 e. The largest absolute Gasteiger partial charge is 0.507 e. The number of rotatable bonds is 23. The molecule has 0 saturated heterocycles. The summed E-state index contributed by atoms with van der Waals surface area (Å²) in [5.41, 5.74) is 14.7. The highest BCUT2D eigenvalue weighted by molar-refractivity contribution is 5.73. The van der Waals surface area contributed by atoms with Gasteiger partial charge in [-0.1, -0.05) is 116 Å². The second-order valence-electron chi connectivity index (χ2n) is 14.3. The first-order chi connectivity index (χ1) is 25.5. The van der Waals surface area contributed by atoms with Crippen LogP contribution < -0.4 is 20.9 Å². The summed E-state index contributed by atoms with van der Waals surface area (Å²) in [6, 6.07) is 13.2. The topological polar surface area (TPSA) is 152 Å². The molecule has 0 heterocycles. The van der Waals surface area contributed by atoms with Crippen molar-refractivity contribution in [2.75, 3.05) is 25.6 Å². The Morgan fingerprint density at radius 3 is 1.30 bits per heavy atom. The molecule has 0 bridgehead atoms. The van der Waals surface area contributed by atoms with Gasteiger partial charge in [-0.05, 0) is 43.5 Å². The van der Waals surface area contributed by atoms with Crippen LogP contribution >= 0.6 is 0 Å².